The van der Waals surface area contributed by atoms with Crippen LogP contribution >= 0.6 is 0 Å². The summed E-state index contributed by atoms with van der Waals surface area (Å²) in [6.07, 6.45) is 0. The van der Waals surface area contributed by atoms with Crippen LogP contribution in [0.5, 0.6) is 0 Å². The maximum atomic E-state index is 5.88. The van der Waals surface area contributed by atoms with Crippen LogP contribution < -0.4 is 5.73 Å². The molecule has 2 aromatic carbocycles. The maximum Gasteiger partial charge on any atom is 0.0588 e. The van der Waals surface area contributed by atoms with Crippen molar-refractivity contribution in [1.29, 1.82) is 0 Å². The zero-order valence-electron chi connectivity index (χ0n) is 11.6. The molecular weight excluding hydrogens is 234 g/mol. The van der Waals surface area contributed by atoms with Crippen molar-refractivity contribution in [2.45, 2.75) is 19.3 Å². The molecule has 1 heterocycles. The average molecular weight is 255 g/mol. The van der Waals surface area contributed by atoms with Crippen LogP contribution in [0.1, 0.15) is 18.1 Å². The van der Waals surface area contributed by atoms with E-state index in [1.807, 2.05) is 0 Å². The molecular formula is C17H21NO. The molecule has 2 heteroatoms. The van der Waals surface area contributed by atoms with Crippen LogP contribution in [0.3, 0.4) is 0 Å². The third-order valence-electron chi connectivity index (χ3n) is 4.59. The SMILES string of the molecule is Cc1ccc2cc(C3(C(C)CN)COC3)ccc2c1. The van der Waals surface area contributed by atoms with E-state index in [9.17, 15) is 0 Å². The molecule has 100 valence electrons. The molecule has 1 fully saturated rings. The summed E-state index contributed by atoms with van der Waals surface area (Å²) in [7, 11) is 0. The van der Waals surface area contributed by atoms with Gasteiger partial charge in [0.25, 0.3) is 0 Å². The predicted octanol–water partition coefficient (Wildman–Crippen LogP) is 3.01. The second-order valence-corrected chi connectivity index (χ2v) is 5.85. The smallest absolute Gasteiger partial charge is 0.0588 e. The number of ether oxygens (including phenoxy) is 1. The minimum Gasteiger partial charge on any atom is -0.379 e. The molecule has 1 aliphatic rings. The standard InChI is InChI=1S/C17H21NO/c1-12-3-4-15-8-16(6-5-14(15)7-12)17(10-19-11-17)13(2)9-18/h3-8,13H,9-11,18H2,1-2H3. The Bertz CT molecular complexity index is 601. The quantitative estimate of drug-likeness (QED) is 0.915. The molecule has 0 saturated carbocycles. The molecule has 2 N–H and O–H groups in total. The van der Waals surface area contributed by atoms with Crippen LogP contribution in [-0.4, -0.2) is 19.8 Å². The van der Waals surface area contributed by atoms with Crippen molar-refractivity contribution in [3.8, 4) is 0 Å². The summed E-state index contributed by atoms with van der Waals surface area (Å²) in [5.74, 6) is 0.448. The fourth-order valence-electron chi connectivity index (χ4n) is 2.96. The first-order valence-electron chi connectivity index (χ1n) is 6.94. The van der Waals surface area contributed by atoms with Crippen LogP contribution in [0.4, 0.5) is 0 Å². The Morgan fingerprint density at radius 1 is 1.16 bits per heavy atom. The van der Waals surface area contributed by atoms with Gasteiger partial charge in [-0.05, 0) is 35.7 Å². The van der Waals surface area contributed by atoms with E-state index in [-0.39, 0.29) is 5.41 Å². The minimum absolute atomic E-state index is 0.119. The maximum absolute atomic E-state index is 5.88. The third kappa shape index (κ3) is 1.96. The van der Waals surface area contributed by atoms with Crippen LogP contribution in [0.15, 0.2) is 36.4 Å². The Hall–Kier alpha value is -1.38. The summed E-state index contributed by atoms with van der Waals surface area (Å²) >= 11 is 0. The van der Waals surface area contributed by atoms with Crippen LogP contribution in [0.2, 0.25) is 0 Å². The first kappa shape index (κ1) is 12.6. The highest BCUT2D eigenvalue weighted by Gasteiger charge is 2.44. The van der Waals surface area contributed by atoms with Crippen molar-refractivity contribution < 1.29 is 4.74 Å². The molecule has 2 aromatic rings. The molecule has 19 heavy (non-hydrogen) atoms. The average Bonchev–Trinajstić information content (AvgIpc) is 2.37. The van der Waals surface area contributed by atoms with Crippen LogP contribution in [-0.2, 0) is 10.2 Å². The predicted molar refractivity (Wildman–Crippen MR) is 79.4 cm³/mol. The summed E-state index contributed by atoms with van der Waals surface area (Å²) in [6, 6.07) is 13.4. The lowest BCUT2D eigenvalue weighted by Gasteiger charge is -2.46. The number of aryl methyl sites for hydroxylation is 1. The molecule has 1 atom stereocenters. The lowest BCUT2D eigenvalue weighted by molar-refractivity contribution is -0.0853. The molecule has 0 amide bonds. The van der Waals surface area contributed by atoms with Gasteiger partial charge in [0.15, 0.2) is 0 Å². The van der Waals surface area contributed by atoms with E-state index >= 15 is 0 Å². The number of fused-ring (bicyclic) bond motifs is 1. The lowest BCUT2D eigenvalue weighted by Crippen LogP contribution is -2.53. The molecule has 1 unspecified atom stereocenters. The second-order valence-electron chi connectivity index (χ2n) is 5.85. The van der Waals surface area contributed by atoms with Gasteiger partial charge in [0.1, 0.15) is 0 Å². The molecule has 0 aromatic heterocycles. The van der Waals surface area contributed by atoms with Gasteiger partial charge in [0, 0.05) is 5.41 Å². The molecule has 0 aliphatic carbocycles. The normalized spacial score (nSPS) is 19.1. The topological polar surface area (TPSA) is 35.2 Å². The summed E-state index contributed by atoms with van der Waals surface area (Å²) in [5.41, 5.74) is 8.67. The van der Waals surface area contributed by atoms with Gasteiger partial charge in [0.2, 0.25) is 0 Å². The van der Waals surface area contributed by atoms with Gasteiger partial charge in [-0.3, -0.25) is 0 Å². The largest absolute Gasteiger partial charge is 0.379 e. The molecule has 0 radical (unpaired) electrons. The van der Waals surface area contributed by atoms with Gasteiger partial charge in [-0.25, -0.2) is 0 Å². The van der Waals surface area contributed by atoms with Crippen LogP contribution in [0.25, 0.3) is 10.8 Å². The Labute approximate surface area is 114 Å². The van der Waals surface area contributed by atoms with E-state index in [4.69, 9.17) is 10.5 Å². The fraction of sp³-hybridized carbons (Fsp3) is 0.412. The van der Waals surface area contributed by atoms with Crippen molar-refractivity contribution >= 4 is 10.8 Å². The lowest BCUT2D eigenvalue weighted by atomic mass is 9.69. The van der Waals surface area contributed by atoms with Crippen molar-refractivity contribution in [2.75, 3.05) is 19.8 Å². The van der Waals surface area contributed by atoms with Crippen molar-refractivity contribution in [1.82, 2.24) is 0 Å². The first-order valence-corrected chi connectivity index (χ1v) is 6.94. The van der Waals surface area contributed by atoms with Crippen molar-refractivity contribution in [3.63, 3.8) is 0 Å². The Balaban J connectivity index is 2.07. The minimum atomic E-state index is 0.119. The Kier molecular flexibility index (Phi) is 3.08. The number of hydrogen-bond acceptors (Lipinski definition) is 2. The monoisotopic (exact) mass is 255 g/mol. The second kappa shape index (κ2) is 4.62. The Morgan fingerprint density at radius 2 is 1.84 bits per heavy atom. The fourth-order valence-corrected chi connectivity index (χ4v) is 2.96. The molecule has 0 spiro atoms. The molecule has 1 aliphatic heterocycles. The van der Waals surface area contributed by atoms with Crippen molar-refractivity contribution in [2.24, 2.45) is 11.7 Å². The summed E-state index contributed by atoms with van der Waals surface area (Å²) in [4.78, 5) is 0. The van der Waals surface area contributed by atoms with Crippen LogP contribution in [0, 0.1) is 12.8 Å². The number of rotatable bonds is 3. The van der Waals surface area contributed by atoms with Gasteiger partial charge in [-0.1, -0.05) is 48.9 Å². The molecule has 3 rings (SSSR count). The number of hydrogen-bond donors (Lipinski definition) is 1. The Morgan fingerprint density at radius 3 is 2.47 bits per heavy atom. The van der Waals surface area contributed by atoms with E-state index in [1.54, 1.807) is 0 Å². The number of nitrogens with two attached hydrogens (primary N) is 1. The first-order chi connectivity index (χ1) is 9.15. The zero-order valence-corrected chi connectivity index (χ0v) is 11.6. The van der Waals surface area contributed by atoms with E-state index in [0.717, 1.165) is 13.2 Å². The number of benzene rings is 2. The highest BCUT2D eigenvalue weighted by Crippen LogP contribution is 2.40. The third-order valence-corrected chi connectivity index (χ3v) is 4.59. The van der Waals surface area contributed by atoms with Gasteiger partial charge in [-0.2, -0.15) is 0 Å². The van der Waals surface area contributed by atoms with E-state index < -0.39 is 0 Å². The van der Waals surface area contributed by atoms with Gasteiger partial charge in [0.05, 0.1) is 13.2 Å². The van der Waals surface area contributed by atoms with Crippen molar-refractivity contribution in [3.05, 3.63) is 47.5 Å². The van der Waals surface area contributed by atoms with Gasteiger partial charge >= 0.3 is 0 Å². The highest BCUT2D eigenvalue weighted by molar-refractivity contribution is 5.84. The van der Waals surface area contributed by atoms with E-state index in [0.29, 0.717) is 12.5 Å². The van der Waals surface area contributed by atoms with Gasteiger partial charge < -0.3 is 10.5 Å². The summed E-state index contributed by atoms with van der Waals surface area (Å²) in [5, 5.41) is 2.61. The van der Waals surface area contributed by atoms with E-state index in [2.05, 4.69) is 50.2 Å². The summed E-state index contributed by atoms with van der Waals surface area (Å²) < 4.78 is 5.49. The molecule has 0 bridgehead atoms. The van der Waals surface area contributed by atoms with Gasteiger partial charge in [-0.15, -0.1) is 0 Å². The highest BCUT2D eigenvalue weighted by atomic mass is 16.5. The summed E-state index contributed by atoms with van der Waals surface area (Å²) in [6.45, 7) is 6.65. The molecule has 2 nitrogen and oxygen atoms in total. The molecule has 1 saturated heterocycles. The zero-order chi connectivity index (χ0) is 13.5. The van der Waals surface area contributed by atoms with E-state index in [1.165, 1.54) is 21.9 Å².